The molecule has 0 spiro atoms. The third-order valence-corrected chi connectivity index (χ3v) is 9.23. The Balaban J connectivity index is 2.13. The van der Waals surface area contributed by atoms with Crippen molar-refractivity contribution in [1.82, 2.24) is 0 Å². The first-order valence-corrected chi connectivity index (χ1v) is 21.3. The minimum absolute atomic E-state index is 0.131. The first-order chi connectivity index (χ1) is 24.1. The summed E-state index contributed by atoms with van der Waals surface area (Å²) in [6.45, 7) is 5.91. The zero-order chi connectivity index (χ0) is 36.7. The average Bonchev–Trinajstić information content (AvgIpc) is 3.82. The molecule has 2 unspecified atom stereocenters. The van der Waals surface area contributed by atoms with Crippen LogP contribution in [0.25, 0.3) is 0 Å². The van der Waals surface area contributed by atoms with Crippen molar-refractivity contribution >= 4 is 19.8 Å². The Morgan fingerprint density at radius 2 is 1.22 bits per heavy atom. The van der Waals surface area contributed by atoms with E-state index in [1.165, 1.54) is 77.0 Å². The lowest BCUT2D eigenvalue weighted by atomic mass is 10.0. The molecule has 0 aromatic heterocycles. The molecule has 1 fully saturated rings. The van der Waals surface area contributed by atoms with Crippen molar-refractivity contribution in [3.05, 3.63) is 36.5 Å². The lowest BCUT2D eigenvalue weighted by Crippen LogP contribution is -2.29. The van der Waals surface area contributed by atoms with E-state index in [0.29, 0.717) is 31.5 Å². The Bertz CT molecular complexity index is 987. The van der Waals surface area contributed by atoms with Crippen molar-refractivity contribution in [3.63, 3.8) is 0 Å². The van der Waals surface area contributed by atoms with E-state index in [-0.39, 0.29) is 19.4 Å². The van der Waals surface area contributed by atoms with Crippen LogP contribution < -0.4 is 0 Å². The second-order valence-electron chi connectivity index (χ2n) is 14.1. The number of esters is 2. The second kappa shape index (κ2) is 30.8. The van der Waals surface area contributed by atoms with Crippen molar-refractivity contribution < 1.29 is 42.7 Å². The summed E-state index contributed by atoms with van der Waals surface area (Å²) < 4.78 is 32.0. The molecule has 1 aliphatic heterocycles. The van der Waals surface area contributed by atoms with Gasteiger partial charge in [0.15, 0.2) is 6.10 Å². The van der Waals surface area contributed by atoms with Crippen molar-refractivity contribution in [1.29, 1.82) is 0 Å². The Kier molecular flexibility index (Phi) is 28.5. The minimum atomic E-state index is -4.77. The maximum atomic E-state index is 12.4. The van der Waals surface area contributed by atoms with Gasteiger partial charge in [-0.1, -0.05) is 141 Å². The highest BCUT2D eigenvalue weighted by Crippen LogP contribution is 2.36. The van der Waals surface area contributed by atoms with Crippen LogP contribution in [0, 0.1) is 5.92 Å². The fraction of sp³-hybridized carbons (Fsp3) is 0.800. The summed E-state index contributed by atoms with van der Waals surface area (Å²) in [5.41, 5.74) is 0. The van der Waals surface area contributed by atoms with Crippen LogP contribution in [0.1, 0.15) is 168 Å². The van der Waals surface area contributed by atoms with Crippen LogP contribution in [-0.2, 0) is 32.9 Å². The molecule has 0 aromatic rings. The third-order valence-electron chi connectivity index (χ3n) is 8.74. The molecule has 0 amide bonds. The summed E-state index contributed by atoms with van der Waals surface area (Å²) in [4.78, 5) is 42.8. The molecule has 1 rings (SSSR count). The van der Waals surface area contributed by atoms with E-state index >= 15 is 0 Å². The Hall–Kier alpha value is -1.77. The van der Waals surface area contributed by atoms with Gasteiger partial charge in [0.25, 0.3) is 0 Å². The highest BCUT2D eigenvalue weighted by molar-refractivity contribution is 7.46. The molecule has 0 aromatic carbocycles. The van der Waals surface area contributed by atoms with E-state index in [0.717, 1.165) is 44.4 Å². The van der Waals surface area contributed by atoms with E-state index in [1.54, 1.807) is 0 Å². The molecule has 1 aliphatic rings. The molecule has 290 valence electrons. The lowest BCUT2D eigenvalue weighted by molar-refractivity contribution is -0.161. The lowest BCUT2D eigenvalue weighted by Gasteiger charge is -2.18. The maximum absolute atomic E-state index is 12.4. The molecule has 1 saturated heterocycles. The predicted octanol–water partition coefficient (Wildman–Crippen LogP) is 10.6. The van der Waals surface area contributed by atoms with Gasteiger partial charge in [0.1, 0.15) is 6.61 Å². The number of carbonyl (C=O) groups is 2. The molecule has 0 bridgehead atoms. The average molecular weight is 727 g/mol. The molecule has 2 N–H and O–H groups in total. The normalized spacial score (nSPS) is 17.0. The number of carbonyl (C=O) groups excluding carboxylic acids is 2. The molecule has 10 heteroatoms. The van der Waals surface area contributed by atoms with E-state index in [1.807, 2.05) is 6.08 Å². The van der Waals surface area contributed by atoms with Gasteiger partial charge < -0.3 is 24.0 Å². The first kappa shape index (κ1) is 46.3. The number of hydrogen-bond acceptors (Lipinski definition) is 7. The SMILES string of the molecule is CCCCC/C=C\CC1OC1C/C=C\C/C=C\CCCC(=O)O[C@H](COC(=O)CCCCCCCCCCCCCC(C)C)COP(=O)(O)O. The van der Waals surface area contributed by atoms with Crippen molar-refractivity contribution in [2.75, 3.05) is 13.2 Å². The fourth-order valence-electron chi connectivity index (χ4n) is 5.65. The number of phosphoric ester groups is 1. The van der Waals surface area contributed by atoms with Crippen LogP contribution >= 0.6 is 7.82 Å². The highest BCUT2D eigenvalue weighted by Gasteiger charge is 2.36. The van der Waals surface area contributed by atoms with Crippen LogP contribution in [0.2, 0.25) is 0 Å². The van der Waals surface area contributed by atoms with Gasteiger partial charge in [-0.25, -0.2) is 4.57 Å². The van der Waals surface area contributed by atoms with Gasteiger partial charge in [-0.2, -0.15) is 0 Å². The number of rotatable bonds is 34. The molecule has 0 aliphatic carbocycles. The zero-order valence-electron chi connectivity index (χ0n) is 31.7. The van der Waals surface area contributed by atoms with Gasteiger partial charge in [0.2, 0.25) is 0 Å². The maximum Gasteiger partial charge on any atom is 0.469 e. The molecule has 3 atom stereocenters. The topological polar surface area (TPSA) is 132 Å². The largest absolute Gasteiger partial charge is 0.469 e. The minimum Gasteiger partial charge on any atom is -0.462 e. The number of ether oxygens (including phenoxy) is 3. The Morgan fingerprint density at radius 3 is 1.84 bits per heavy atom. The van der Waals surface area contributed by atoms with Gasteiger partial charge in [-0.15, -0.1) is 0 Å². The van der Waals surface area contributed by atoms with Gasteiger partial charge in [0, 0.05) is 12.8 Å². The van der Waals surface area contributed by atoms with E-state index in [2.05, 4.69) is 55.7 Å². The highest BCUT2D eigenvalue weighted by atomic mass is 31.2. The molecule has 50 heavy (non-hydrogen) atoms. The Labute approximate surface area is 304 Å². The van der Waals surface area contributed by atoms with Gasteiger partial charge >= 0.3 is 19.8 Å². The molecule has 9 nitrogen and oxygen atoms in total. The van der Waals surface area contributed by atoms with Crippen LogP contribution in [0.3, 0.4) is 0 Å². The molecule has 1 heterocycles. The van der Waals surface area contributed by atoms with Crippen molar-refractivity contribution in [2.45, 2.75) is 187 Å². The molecule has 0 radical (unpaired) electrons. The summed E-state index contributed by atoms with van der Waals surface area (Å²) in [5, 5.41) is 0. The van der Waals surface area contributed by atoms with E-state index in [4.69, 9.17) is 24.0 Å². The predicted molar refractivity (Wildman–Crippen MR) is 202 cm³/mol. The monoisotopic (exact) mass is 726 g/mol. The third kappa shape index (κ3) is 31.0. The van der Waals surface area contributed by atoms with E-state index < -0.39 is 32.5 Å². The molecular weight excluding hydrogens is 655 g/mol. The summed E-state index contributed by atoms with van der Waals surface area (Å²) in [5.74, 6) is -0.149. The number of hydrogen-bond donors (Lipinski definition) is 2. The Morgan fingerprint density at radius 1 is 0.680 bits per heavy atom. The van der Waals surface area contributed by atoms with Gasteiger partial charge in [0.05, 0.1) is 18.8 Å². The number of epoxide rings is 1. The number of phosphoric acid groups is 1. The van der Waals surface area contributed by atoms with Crippen LogP contribution in [0.5, 0.6) is 0 Å². The standard InChI is InChI=1S/C40H71O9P/c1-4-5-6-7-19-24-29-37-38(49-37)30-25-20-15-13-17-22-27-32-40(42)48-36(34-47-50(43,44)45)33-46-39(41)31-26-21-16-12-10-8-9-11-14-18-23-28-35(2)3/h13,17,19-20,24-25,35-38H,4-12,14-16,18,21-23,26-34H2,1-3H3,(H2,43,44,45)/b17-13-,24-19-,25-20-/t36-,37?,38?/m1/s1. The summed E-state index contributed by atoms with van der Waals surface area (Å²) >= 11 is 0. The fourth-order valence-corrected chi connectivity index (χ4v) is 6.01. The second-order valence-corrected chi connectivity index (χ2v) is 15.4. The van der Waals surface area contributed by atoms with Crippen LogP contribution in [-0.4, -0.2) is 53.3 Å². The first-order valence-electron chi connectivity index (χ1n) is 19.8. The number of unbranched alkanes of at least 4 members (excludes halogenated alkanes) is 14. The van der Waals surface area contributed by atoms with Gasteiger partial charge in [-0.3, -0.25) is 14.1 Å². The van der Waals surface area contributed by atoms with E-state index in [9.17, 15) is 14.2 Å². The molecule has 0 saturated carbocycles. The molecular formula is C40H71O9P. The van der Waals surface area contributed by atoms with Crippen LogP contribution in [0.15, 0.2) is 36.5 Å². The zero-order valence-corrected chi connectivity index (χ0v) is 32.5. The van der Waals surface area contributed by atoms with Crippen LogP contribution in [0.4, 0.5) is 0 Å². The summed E-state index contributed by atoms with van der Waals surface area (Å²) in [6.07, 6.45) is 36.2. The smallest absolute Gasteiger partial charge is 0.462 e. The van der Waals surface area contributed by atoms with Crippen molar-refractivity contribution in [2.24, 2.45) is 5.92 Å². The number of allylic oxidation sites excluding steroid dienone is 4. The van der Waals surface area contributed by atoms with Gasteiger partial charge in [-0.05, 0) is 57.3 Å². The quantitative estimate of drug-likeness (QED) is 0.0219. The summed E-state index contributed by atoms with van der Waals surface area (Å²) in [6, 6.07) is 0. The van der Waals surface area contributed by atoms with Crippen molar-refractivity contribution in [3.8, 4) is 0 Å². The summed E-state index contributed by atoms with van der Waals surface area (Å²) in [7, 11) is -4.77.